The van der Waals surface area contributed by atoms with Gasteiger partial charge in [0, 0.05) is 13.6 Å². The van der Waals surface area contributed by atoms with Gasteiger partial charge in [-0.3, -0.25) is 4.90 Å². The van der Waals surface area contributed by atoms with E-state index in [1.54, 1.807) is 0 Å². The number of rotatable bonds is 6. The summed E-state index contributed by atoms with van der Waals surface area (Å²) in [4.78, 5) is 7.22. The summed E-state index contributed by atoms with van der Waals surface area (Å²) in [6, 6.07) is 8.58. The van der Waals surface area contributed by atoms with Crippen molar-refractivity contribution in [2.24, 2.45) is 7.05 Å². The largest absolute Gasteiger partial charge is 0.392 e. The Morgan fingerprint density at radius 2 is 2.27 bits per heavy atom. The number of likely N-dealkylation sites (tertiary alicyclic amines) is 1. The molecular formula is C18H25N3O. The van der Waals surface area contributed by atoms with Crippen LogP contribution in [0, 0.1) is 0 Å². The highest BCUT2D eigenvalue weighted by Crippen LogP contribution is 2.33. The van der Waals surface area contributed by atoms with Crippen molar-refractivity contribution in [1.82, 2.24) is 14.5 Å². The minimum atomic E-state index is -0.284. The number of fused-ring (bicyclic) bond motifs is 1. The molecule has 0 aliphatic carbocycles. The predicted molar refractivity (Wildman–Crippen MR) is 89.7 cm³/mol. The van der Waals surface area contributed by atoms with Crippen LogP contribution in [0.1, 0.15) is 37.5 Å². The molecule has 118 valence electrons. The van der Waals surface area contributed by atoms with E-state index in [1.165, 1.54) is 11.9 Å². The van der Waals surface area contributed by atoms with E-state index in [0.717, 1.165) is 43.7 Å². The van der Waals surface area contributed by atoms with Crippen LogP contribution in [0.4, 0.5) is 0 Å². The standard InChI is InChI=1S/C18H25N3O/c1-3-4-8-14(22)13-21-12-7-11-17(21)18-19-15-9-5-6-10-16(15)20(18)2/h3,5-6,9-10,14,17,22H,1,4,7-8,11-13H2,2H3/t14-,17+/m0/s1. The second-order valence-corrected chi connectivity index (χ2v) is 6.19. The molecule has 0 spiro atoms. The van der Waals surface area contributed by atoms with Gasteiger partial charge >= 0.3 is 0 Å². The number of aliphatic hydroxyl groups excluding tert-OH is 1. The van der Waals surface area contributed by atoms with Crippen LogP contribution in [0.15, 0.2) is 36.9 Å². The van der Waals surface area contributed by atoms with Gasteiger partial charge in [-0.15, -0.1) is 6.58 Å². The molecule has 0 bridgehead atoms. The van der Waals surface area contributed by atoms with E-state index < -0.39 is 0 Å². The third-order valence-electron chi connectivity index (χ3n) is 4.63. The lowest BCUT2D eigenvalue weighted by Crippen LogP contribution is -2.33. The number of aromatic nitrogens is 2. The minimum absolute atomic E-state index is 0.284. The van der Waals surface area contributed by atoms with Crippen molar-refractivity contribution in [3.8, 4) is 0 Å². The maximum absolute atomic E-state index is 10.2. The number of nitrogens with zero attached hydrogens (tertiary/aromatic N) is 3. The first-order valence-electron chi connectivity index (χ1n) is 8.15. The summed E-state index contributed by atoms with van der Waals surface area (Å²) < 4.78 is 2.20. The number of aliphatic hydroxyl groups is 1. The van der Waals surface area contributed by atoms with Crippen molar-refractivity contribution < 1.29 is 5.11 Å². The van der Waals surface area contributed by atoms with Crippen molar-refractivity contribution in [2.45, 2.75) is 37.8 Å². The fourth-order valence-corrected chi connectivity index (χ4v) is 3.47. The normalized spacial score (nSPS) is 20.5. The molecule has 22 heavy (non-hydrogen) atoms. The van der Waals surface area contributed by atoms with Crippen molar-refractivity contribution in [3.05, 3.63) is 42.7 Å². The van der Waals surface area contributed by atoms with E-state index in [9.17, 15) is 5.11 Å². The average Bonchev–Trinajstić information content (AvgIpc) is 3.10. The molecule has 1 aliphatic rings. The van der Waals surface area contributed by atoms with E-state index in [-0.39, 0.29) is 6.10 Å². The maximum atomic E-state index is 10.2. The van der Waals surface area contributed by atoms with Crippen LogP contribution in [0.25, 0.3) is 11.0 Å². The van der Waals surface area contributed by atoms with Gasteiger partial charge in [-0.25, -0.2) is 4.98 Å². The van der Waals surface area contributed by atoms with Crippen LogP contribution in [0.3, 0.4) is 0 Å². The van der Waals surface area contributed by atoms with Gasteiger partial charge in [-0.2, -0.15) is 0 Å². The molecular weight excluding hydrogens is 274 g/mol. The van der Waals surface area contributed by atoms with Gasteiger partial charge in [-0.05, 0) is 44.4 Å². The monoisotopic (exact) mass is 299 g/mol. The first kappa shape index (κ1) is 15.3. The summed E-state index contributed by atoms with van der Waals surface area (Å²) in [6.07, 6.45) is 5.53. The molecule has 1 aliphatic heterocycles. The van der Waals surface area contributed by atoms with Crippen LogP contribution in [0.2, 0.25) is 0 Å². The molecule has 1 N–H and O–H groups in total. The summed E-state index contributed by atoms with van der Waals surface area (Å²) in [5.41, 5.74) is 2.23. The zero-order valence-corrected chi connectivity index (χ0v) is 13.3. The molecule has 1 aromatic heterocycles. The SMILES string of the molecule is C=CCC[C@H](O)CN1CCC[C@@H]1c1nc2ccccc2n1C. The summed E-state index contributed by atoms with van der Waals surface area (Å²) >= 11 is 0. The Kier molecular flexibility index (Phi) is 4.60. The lowest BCUT2D eigenvalue weighted by Gasteiger charge is -2.26. The predicted octanol–water partition coefficient (Wildman–Crippen LogP) is 3.04. The Bertz CT molecular complexity index is 649. The quantitative estimate of drug-likeness (QED) is 0.834. The third-order valence-corrected chi connectivity index (χ3v) is 4.63. The Balaban J connectivity index is 1.79. The first-order chi connectivity index (χ1) is 10.7. The van der Waals surface area contributed by atoms with Crippen molar-refractivity contribution >= 4 is 11.0 Å². The molecule has 4 nitrogen and oxygen atoms in total. The molecule has 0 saturated carbocycles. The zero-order valence-electron chi connectivity index (χ0n) is 13.3. The van der Waals surface area contributed by atoms with E-state index in [2.05, 4.69) is 41.3 Å². The molecule has 4 heteroatoms. The van der Waals surface area contributed by atoms with E-state index in [1.807, 2.05) is 12.1 Å². The first-order valence-corrected chi connectivity index (χ1v) is 8.15. The molecule has 3 rings (SSSR count). The molecule has 0 amide bonds. The van der Waals surface area contributed by atoms with Gasteiger partial charge in [0.2, 0.25) is 0 Å². The number of β-amino-alcohol motifs (C(OH)–C–C–N with tert-alkyl or cyclic N) is 1. The van der Waals surface area contributed by atoms with Crippen molar-refractivity contribution in [1.29, 1.82) is 0 Å². The van der Waals surface area contributed by atoms with Crippen LogP contribution in [-0.4, -0.2) is 38.8 Å². The Labute approximate surface area is 132 Å². The highest BCUT2D eigenvalue weighted by atomic mass is 16.3. The Hall–Kier alpha value is -1.65. The molecule has 0 radical (unpaired) electrons. The van der Waals surface area contributed by atoms with Gasteiger partial charge in [0.05, 0.1) is 23.2 Å². The van der Waals surface area contributed by atoms with Crippen LogP contribution in [-0.2, 0) is 7.05 Å². The molecule has 1 fully saturated rings. The Morgan fingerprint density at radius 1 is 1.45 bits per heavy atom. The molecule has 1 saturated heterocycles. The molecule has 2 atom stereocenters. The van der Waals surface area contributed by atoms with Gasteiger partial charge in [0.1, 0.15) is 5.82 Å². The number of hydrogen-bond acceptors (Lipinski definition) is 3. The number of para-hydroxylation sites is 2. The lowest BCUT2D eigenvalue weighted by molar-refractivity contribution is 0.0973. The fourth-order valence-electron chi connectivity index (χ4n) is 3.47. The second-order valence-electron chi connectivity index (χ2n) is 6.19. The molecule has 1 aromatic carbocycles. The second kappa shape index (κ2) is 6.63. The topological polar surface area (TPSA) is 41.3 Å². The number of imidazole rings is 1. The number of benzene rings is 1. The van der Waals surface area contributed by atoms with E-state index in [4.69, 9.17) is 4.98 Å². The minimum Gasteiger partial charge on any atom is -0.392 e. The highest BCUT2D eigenvalue weighted by Gasteiger charge is 2.30. The van der Waals surface area contributed by atoms with Gasteiger partial charge in [0.25, 0.3) is 0 Å². The summed E-state index contributed by atoms with van der Waals surface area (Å²) in [5, 5.41) is 10.2. The van der Waals surface area contributed by atoms with Crippen molar-refractivity contribution in [2.75, 3.05) is 13.1 Å². The number of hydrogen-bond donors (Lipinski definition) is 1. The van der Waals surface area contributed by atoms with Crippen molar-refractivity contribution in [3.63, 3.8) is 0 Å². The average molecular weight is 299 g/mol. The highest BCUT2D eigenvalue weighted by molar-refractivity contribution is 5.75. The van der Waals surface area contributed by atoms with E-state index in [0.29, 0.717) is 6.04 Å². The molecule has 0 unspecified atom stereocenters. The number of allylic oxidation sites excluding steroid dienone is 1. The zero-order chi connectivity index (χ0) is 15.5. The number of aryl methyl sites for hydroxylation is 1. The van der Waals surface area contributed by atoms with Gasteiger partial charge in [-0.1, -0.05) is 18.2 Å². The molecule has 2 aromatic rings. The lowest BCUT2D eigenvalue weighted by atomic mass is 10.1. The van der Waals surface area contributed by atoms with Crippen LogP contribution < -0.4 is 0 Å². The summed E-state index contributed by atoms with van der Waals surface area (Å²) in [7, 11) is 2.09. The van der Waals surface area contributed by atoms with Gasteiger partial charge < -0.3 is 9.67 Å². The maximum Gasteiger partial charge on any atom is 0.127 e. The third kappa shape index (κ3) is 2.94. The smallest absolute Gasteiger partial charge is 0.127 e. The van der Waals surface area contributed by atoms with Crippen LogP contribution >= 0.6 is 0 Å². The van der Waals surface area contributed by atoms with E-state index >= 15 is 0 Å². The molecule has 2 heterocycles. The Morgan fingerprint density at radius 3 is 3.05 bits per heavy atom. The summed E-state index contributed by atoms with van der Waals surface area (Å²) in [6.45, 7) is 5.49. The van der Waals surface area contributed by atoms with Crippen LogP contribution in [0.5, 0.6) is 0 Å². The summed E-state index contributed by atoms with van der Waals surface area (Å²) in [5.74, 6) is 1.12. The van der Waals surface area contributed by atoms with Gasteiger partial charge in [0.15, 0.2) is 0 Å². The fraction of sp³-hybridized carbons (Fsp3) is 0.500.